The van der Waals surface area contributed by atoms with Gasteiger partial charge in [-0.1, -0.05) is 84.0 Å². The van der Waals surface area contributed by atoms with E-state index in [9.17, 15) is 6.40 Å². The van der Waals surface area contributed by atoms with E-state index in [1.807, 2.05) is 54.6 Å². The Labute approximate surface area is 412 Å². The van der Waals surface area contributed by atoms with Crippen molar-refractivity contribution in [3.8, 4) is 5.75 Å². The Kier molecular flexibility index (Phi) is 93.1. The van der Waals surface area contributed by atoms with Crippen LogP contribution < -0.4 is 42.0 Å². The molecule has 380 valence electrons. The first kappa shape index (κ1) is 87.2. The summed E-state index contributed by atoms with van der Waals surface area (Å²) >= 11 is -25.1. The van der Waals surface area contributed by atoms with Crippen LogP contribution in [0, 0.1) is 0 Å². The van der Waals surface area contributed by atoms with Crippen molar-refractivity contribution in [3.63, 3.8) is 0 Å². The second kappa shape index (κ2) is 67.3. The molecule has 0 aliphatic heterocycles. The van der Waals surface area contributed by atoms with Gasteiger partial charge in [-0.3, -0.25) is 28.2 Å². The van der Waals surface area contributed by atoms with Crippen LogP contribution in [-0.2, 0) is 27.5 Å². The molecule has 19 nitrogen and oxygen atoms in total. The predicted octanol–water partition coefficient (Wildman–Crippen LogP) is -5.07. The molecule has 1 atom stereocenters. The Balaban J connectivity index is -0.000000114. The third-order valence-electron chi connectivity index (χ3n) is 7.00. The summed E-state index contributed by atoms with van der Waals surface area (Å²) in [6, 6.07) is 17.5. The van der Waals surface area contributed by atoms with Gasteiger partial charge >= 0.3 is 306 Å². The van der Waals surface area contributed by atoms with E-state index in [0.717, 1.165) is 29.9 Å². The summed E-state index contributed by atoms with van der Waals surface area (Å²) in [5.41, 5.74) is 1.92. The molecule has 0 aliphatic carbocycles. The van der Waals surface area contributed by atoms with Crippen molar-refractivity contribution in [3.05, 3.63) is 65.7 Å². The molecule has 2 aromatic carbocycles. The van der Waals surface area contributed by atoms with Gasteiger partial charge in [0.25, 0.3) is 0 Å². The van der Waals surface area contributed by atoms with Crippen LogP contribution >= 0.6 is 0 Å². The molecule has 0 heterocycles. The summed E-state index contributed by atoms with van der Waals surface area (Å²) < 4.78 is 163. The monoisotopic (exact) mass is 1580 g/mol. The standard InChI is InChI=1S/C32H49O2.6FH.17O.6Sb/c1-2-3-4-5-6-7-8-9-10-11-12-13-14-15-16-20-27-34-31-25-23-30(24-26-31)32(33)28-29-21-18-17-19-22-29;;;;;;;;;;;;;;;;;;;;;;;;;;;;;/h17-19,21-26,32H,2-16,20,27-28H2,1H3;6*1H;;;;;;;;;;;;;;;;;;;;;;;/q-1;;;;;;;;;;;;;11*-1;;;;;;+1. The Hall–Kier alpha value is 1.05. The summed E-state index contributed by atoms with van der Waals surface area (Å²) in [7, 11) is 0. The van der Waals surface area contributed by atoms with E-state index in [4.69, 9.17) is 56.7 Å². The number of ether oxygens (including phenoxy) is 1. The van der Waals surface area contributed by atoms with Gasteiger partial charge in [0.2, 0.25) is 0 Å². The fourth-order valence-electron chi connectivity index (χ4n) is 4.77. The van der Waals surface area contributed by atoms with Crippen molar-refractivity contribution in [1.29, 1.82) is 0 Å². The van der Waals surface area contributed by atoms with E-state index in [0.29, 0.717) is 6.42 Å². The molecule has 2 rings (SSSR count). The van der Waals surface area contributed by atoms with Gasteiger partial charge in [-0.25, -0.2) is 0 Å². The van der Waals surface area contributed by atoms with Gasteiger partial charge in [-0.15, -0.1) is 0 Å². The maximum absolute atomic E-state index is 11.3. The number of halogens is 6. The number of unbranched alkanes of at least 4 members (excludes halogenated alkanes) is 15. The summed E-state index contributed by atoms with van der Waals surface area (Å²) in [4.78, 5) is 0. The Morgan fingerprint density at radius 3 is 1.00 bits per heavy atom. The van der Waals surface area contributed by atoms with E-state index in [-0.39, 0.29) is 28.2 Å². The van der Waals surface area contributed by atoms with Gasteiger partial charge in [0.15, 0.2) is 0 Å². The van der Waals surface area contributed by atoms with Gasteiger partial charge in [-0.2, -0.15) is 0 Å². The molecule has 0 aromatic heterocycles. The average molecular weight is 1590 g/mol. The normalized spacial score (nSPS) is 9.08. The van der Waals surface area contributed by atoms with E-state index in [1.54, 1.807) is 0 Å². The molecule has 0 fully saturated rings. The topological polar surface area (TPSA) is 375 Å². The van der Waals surface area contributed by atoms with Crippen molar-refractivity contribution >= 4 is 126 Å². The van der Waals surface area contributed by atoms with Gasteiger partial charge in [-0.05, 0) is 0 Å². The molecule has 6 radical (unpaired) electrons. The Morgan fingerprint density at radius 1 is 0.429 bits per heavy atom. The number of hydrogen-bond acceptors (Lipinski definition) is 19. The number of hydrogen-bond donors (Lipinski definition) is 0. The zero-order valence-electron chi connectivity index (χ0n) is 33.9. The third kappa shape index (κ3) is 93.8. The average Bonchev–Trinajstić information content (AvgIpc) is 3.09. The first-order chi connectivity index (χ1) is 26.8. The van der Waals surface area contributed by atoms with Gasteiger partial charge in [0.05, 0.1) is 0 Å². The second-order valence-corrected chi connectivity index (χ2v) is 19.6. The SMILES string of the molecule is CCCCCCCCCCCCCCCCCCOc1ccc(C(Cc2ccccc2)[O][Sb](=[O])[O-])cc1.F.F.F.F.F.F.[O]=[Sb]([O-])[O-].[O]=[Sb]([O-])[O-].[O]=[Sb]([O-])[O-].[O]=[Sb]([O-])[O-].[O]=[Sb]([O-])[O-]. The molecular formula is C32H55F6O19Sb6-11. The van der Waals surface area contributed by atoms with Crippen molar-refractivity contribution in [2.45, 2.75) is 122 Å². The van der Waals surface area contributed by atoms with E-state index < -0.39 is 132 Å². The maximum atomic E-state index is 11.3. The molecule has 0 bridgehead atoms. The summed E-state index contributed by atoms with van der Waals surface area (Å²) in [5.74, 6) is 0.824. The summed E-state index contributed by atoms with van der Waals surface area (Å²) in [6.45, 7) is 3.00. The minimum absolute atomic E-state index is 0. The van der Waals surface area contributed by atoms with Crippen LogP contribution in [-0.4, -0.2) is 133 Å². The van der Waals surface area contributed by atoms with Crippen LogP contribution in [0.3, 0.4) is 0 Å². The molecule has 63 heavy (non-hydrogen) atoms. The van der Waals surface area contributed by atoms with Gasteiger partial charge in [0, 0.05) is 0 Å². The van der Waals surface area contributed by atoms with Crippen molar-refractivity contribution < 1.29 is 91.3 Å². The van der Waals surface area contributed by atoms with Crippen LogP contribution in [0.4, 0.5) is 28.2 Å². The first-order valence-corrected chi connectivity index (χ1v) is 36.3. The zero-order valence-corrected chi connectivity index (χ0v) is 49.2. The molecule has 1 unspecified atom stereocenters. The van der Waals surface area contributed by atoms with Crippen LogP contribution in [0.5, 0.6) is 5.75 Å². The van der Waals surface area contributed by atoms with Crippen LogP contribution in [0.2, 0.25) is 0 Å². The fourth-order valence-corrected chi connectivity index (χ4v) is 5.92. The van der Waals surface area contributed by atoms with E-state index in [1.165, 1.54) is 96.3 Å². The molecule has 0 amide bonds. The van der Waals surface area contributed by atoms with E-state index in [2.05, 4.69) is 6.92 Å². The van der Waals surface area contributed by atoms with Crippen molar-refractivity contribution in [2.75, 3.05) is 6.61 Å². The molecular weight excluding hydrogens is 1530 g/mol. The molecule has 0 saturated carbocycles. The quantitative estimate of drug-likeness (QED) is 0.0571. The van der Waals surface area contributed by atoms with Crippen molar-refractivity contribution in [1.82, 2.24) is 0 Å². The van der Waals surface area contributed by atoms with Crippen LogP contribution in [0.25, 0.3) is 0 Å². The molecule has 0 aliphatic rings. The number of rotatable bonds is 23. The Bertz CT molecular complexity index is 1250. The zero-order chi connectivity index (χ0) is 44.3. The molecule has 0 spiro atoms. The van der Waals surface area contributed by atoms with E-state index >= 15 is 0 Å². The van der Waals surface area contributed by atoms with Crippen LogP contribution in [0.1, 0.15) is 127 Å². The minimum atomic E-state index is -4.20. The molecule has 0 N–H and O–H groups in total. The van der Waals surface area contributed by atoms with Crippen molar-refractivity contribution in [2.24, 2.45) is 0 Å². The first-order valence-electron chi connectivity index (χ1n) is 17.5. The molecule has 0 saturated heterocycles. The second-order valence-electron chi connectivity index (χ2n) is 11.3. The summed E-state index contributed by atoms with van der Waals surface area (Å²) in [5, 5.41) is 0. The molecule has 2 aromatic rings. The summed E-state index contributed by atoms with van der Waals surface area (Å²) in [6.07, 6.45) is 21.9. The Morgan fingerprint density at radius 2 is 0.714 bits per heavy atom. The van der Waals surface area contributed by atoms with Crippen LogP contribution in [0.15, 0.2) is 54.6 Å². The molecule has 31 heteroatoms. The predicted molar refractivity (Wildman–Crippen MR) is 199 cm³/mol. The third-order valence-corrected chi connectivity index (χ3v) is 8.21. The van der Waals surface area contributed by atoms with Gasteiger partial charge < -0.3 is 0 Å². The van der Waals surface area contributed by atoms with Gasteiger partial charge in [0.1, 0.15) is 0 Å². The number of benzene rings is 2. The fraction of sp³-hybridized carbons (Fsp3) is 0.625.